The van der Waals surface area contributed by atoms with E-state index in [1.165, 1.54) is 31.9 Å². The van der Waals surface area contributed by atoms with Gasteiger partial charge in [0.05, 0.1) is 25.8 Å². The highest BCUT2D eigenvalue weighted by Gasteiger charge is 2.50. The quantitative estimate of drug-likeness (QED) is 0.0404. The molecule has 3 aromatic heterocycles. The van der Waals surface area contributed by atoms with Gasteiger partial charge in [0.25, 0.3) is 0 Å². The molecule has 0 radical (unpaired) electrons. The van der Waals surface area contributed by atoms with Crippen LogP contribution >= 0.6 is 35.2 Å². The number of imidazole rings is 1. The zero-order valence-corrected chi connectivity index (χ0v) is 31.3. The number of nitrogens with one attached hydrogen (secondary N) is 2. The summed E-state index contributed by atoms with van der Waals surface area (Å²) < 4.78 is 67.0. The molecule has 4 heterocycles. The van der Waals surface area contributed by atoms with Crippen molar-refractivity contribution in [1.29, 1.82) is 0 Å². The van der Waals surface area contributed by atoms with Crippen molar-refractivity contribution in [3.63, 3.8) is 0 Å². The van der Waals surface area contributed by atoms with E-state index in [0.29, 0.717) is 12.3 Å². The van der Waals surface area contributed by atoms with Crippen LogP contribution in [0.25, 0.3) is 11.2 Å². The van der Waals surface area contributed by atoms with E-state index in [1.54, 1.807) is 12.3 Å². The predicted molar refractivity (Wildman–Crippen MR) is 179 cm³/mol. The Bertz CT molecular complexity index is 1860. The molecule has 28 heteroatoms. The number of nitrogens with two attached hydrogens (primary N) is 1. The topological polar surface area (TPSA) is 360 Å². The predicted octanol–water partition coefficient (Wildman–Crippen LogP) is -0.210. The van der Waals surface area contributed by atoms with Crippen LogP contribution in [0.5, 0.6) is 0 Å². The zero-order chi connectivity index (χ0) is 39.2. The monoisotopic (exact) mass is 833 g/mol. The number of rotatable bonds is 20. The molecule has 296 valence electrons. The first-order chi connectivity index (χ1) is 24.7. The average molecular weight is 834 g/mol. The molecule has 4 rings (SSSR count). The molecular weight excluding hydrogens is 795 g/mol. The van der Waals surface area contributed by atoms with Crippen molar-refractivity contribution in [3.8, 4) is 0 Å². The van der Waals surface area contributed by atoms with E-state index >= 15 is 0 Å². The minimum Gasteiger partial charge on any atom is -0.471 e. The van der Waals surface area contributed by atoms with Crippen LogP contribution < -0.4 is 16.4 Å². The van der Waals surface area contributed by atoms with E-state index in [9.17, 15) is 53.1 Å². The lowest BCUT2D eigenvalue weighted by atomic mass is 9.87. The van der Waals surface area contributed by atoms with Crippen LogP contribution in [0.1, 0.15) is 26.5 Å². The molecule has 7 atom stereocenters. The first-order valence-electron chi connectivity index (χ1n) is 15.2. The summed E-state index contributed by atoms with van der Waals surface area (Å²) in [5.74, 6) is -0.774. The van der Waals surface area contributed by atoms with Gasteiger partial charge in [0.2, 0.25) is 11.8 Å². The number of aliphatic hydroxyl groups excluding tert-OH is 2. The van der Waals surface area contributed by atoms with Crippen LogP contribution in [0, 0.1) is 5.41 Å². The van der Waals surface area contributed by atoms with Crippen molar-refractivity contribution in [3.05, 3.63) is 31.2 Å². The van der Waals surface area contributed by atoms with E-state index < -0.39 is 78.6 Å². The number of fused-ring (bicyclic) bond motifs is 1. The lowest BCUT2D eigenvalue weighted by molar-refractivity contribution is -0.137. The van der Waals surface area contributed by atoms with Crippen molar-refractivity contribution < 1.29 is 80.1 Å². The summed E-state index contributed by atoms with van der Waals surface area (Å²) in [6, 6.07) is 1.77. The Balaban J connectivity index is 1.26. The third-order valence-electron chi connectivity index (χ3n) is 7.27. The maximum atomic E-state index is 12.6. The second-order valence-corrected chi connectivity index (χ2v) is 17.3. The van der Waals surface area contributed by atoms with Gasteiger partial charge in [-0.05, 0) is 6.07 Å². The first-order valence-corrected chi connectivity index (χ1v) is 20.7. The molecule has 1 aliphatic heterocycles. The van der Waals surface area contributed by atoms with Gasteiger partial charge in [-0.3, -0.25) is 27.7 Å². The van der Waals surface area contributed by atoms with Crippen molar-refractivity contribution in [1.82, 2.24) is 30.2 Å². The lowest BCUT2D eigenvalue weighted by Gasteiger charge is -2.30. The van der Waals surface area contributed by atoms with Gasteiger partial charge in [0.15, 0.2) is 17.7 Å². The molecule has 0 bridgehead atoms. The second kappa shape index (κ2) is 17.8. The zero-order valence-electron chi connectivity index (χ0n) is 27.8. The van der Waals surface area contributed by atoms with Crippen molar-refractivity contribution in [2.75, 3.05) is 37.8 Å². The Hall–Kier alpha value is -2.83. The first kappa shape index (κ1) is 42.9. The van der Waals surface area contributed by atoms with Crippen LogP contribution in [0.3, 0.4) is 0 Å². The molecule has 10 N–H and O–H groups in total. The number of aromatic nitrogens is 4. The fraction of sp³-hybridized carbons (Fsp3) is 0.560. The van der Waals surface area contributed by atoms with Crippen LogP contribution in [0.15, 0.2) is 40.6 Å². The van der Waals surface area contributed by atoms with E-state index in [2.05, 4.69) is 34.4 Å². The number of hydrogen-bond donors (Lipinski definition) is 9. The third-order valence-corrected chi connectivity index (χ3v) is 11.3. The molecule has 1 saturated heterocycles. The lowest BCUT2D eigenvalue weighted by Crippen LogP contribution is -2.46. The Kier molecular flexibility index (Phi) is 14.4. The number of phosphoric ester groups is 3. The molecule has 0 aromatic carbocycles. The van der Waals surface area contributed by atoms with Gasteiger partial charge < -0.3 is 55.3 Å². The van der Waals surface area contributed by atoms with Crippen molar-refractivity contribution >= 4 is 64.0 Å². The maximum Gasteiger partial charge on any atom is 0.481 e. The molecule has 53 heavy (non-hydrogen) atoms. The van der Waals surface area contributed by atoms with Gasteiger partial charge >= 0.3 is 23.5 Å². The normalized spacial score (nSPS) is 22.3. The molecule has 1 fully saturated rings. The number of carbonyl (C=O) groups excluding carboxylic acids is 2. The molecule has 3 aromatic rings. The standard InChI is InChI=1S/C25H38N7O17P3S/c1-25(2,20(35)23(36)28-5-3-16(33)27-6-8-53-14-4-7-44-9-14)11-46-52(42,43)49-51(40,41)45-10-15-19(48-50(37,38)39)18(34)24(47-15)32-13-31-17-21(26)29-12-30-22(17)32/h4,7,9,12-13,15,18-20,24,34-35H,3,5-6,8,10-11H2,1-2H3,(H,27,33)(H,28,36)(H,40,41)(H,42,43)(H2,26,29,30)(H2,37,38,39)/t15-,18-,19-,20+,24-/m1/s1. The highest BCUT2D eigenvalue weighted by Crippen LogP contribution is 2.61. The highest BCUT2D eigenvalue weighted by atomic mass is 32.2. The summed E-state index contributed by atoms with van der Waals surface area (Å²) >= 11 is 1.47. The SMILES string of the molecule is CC(C)(COP(=O)(O)OP(=O)(O)OC[C@H]1O[C@@H](n2cnc3c(N)ncnc32)[C@H](O)[C@@H]1OP(=O)(O)O)[C@@H](O)C(=O)NCCC(=O)NCCSc1ccoc1. The molecule has 2 unspecified atom stereocenters. The Morgan fingerprint density at radius 2 is 1.81 bits per heavy atom. The maximum absolute atomic E-state index is 12.6. The number of ether oxygens (including phenoxy) is 1. The summed E-state index contributed by atoms with van der Waals surface area (Å²) in [5.41, 5.74) is 4.29. The molecule has 2 amide bonds. The van der Waals surface area contributed by atoms with Gasteiger partial charge in [-0.2, -0.15) is 4.31 Å². The number of hydrogen-bond acceptors (Lipinski definition) is 18. The molecular formula is C25H38N7O17P3S. The van der Waals surface area contributed by atoms with Crippen LogP contribution in [0.2, 0.25) is 0 Å². The van der Waals surface area contributed by atoms with Crippen LogP contribution in [-0.4, -0.2) is 118 Å². The smallest absolute Gasteiger partial charge is 0.471 e. The van der Waals surface area contributed by atoms with Gasteiger partial charge in [-0.25, -0.2) is 28.6 Å². The number of carbonyl (C=O) groups is 2. The largest absolute Gasteiger partial charge is 0.481 e. The molecule has 0 saturated carbocycles. The van der Waals surface area contributed by atoms with E-state index in [1.807, 2.05) is 0 Å². The Labute approximate surface area is 304 Å². The molecule has 0 aliphatic carbocycles. The summed E-state index contributed by atoms with van der Waals surface area (Å²) in [4.78, 5) is 76.3. The Morgan fingerprint density at radius 1 is 1.09 bits per heavy atom. The van der Waals surface area contributed by atoms with E-state index in [4.69, 9.17) is 23.9 Å². The number of thioether (sulfide) groups is 1. The van der Waals surface area contributed by atoms with Crippen LogP contribution in [0.4, 0.5) is 5.82 Å². The van der Waals surface area contributed by atoms with E-state index in [-0.39, 0.29) is 35.9 Å². The summed E-state index contributed by atoms with van der Waals surface area (Å²) in [6.45, 7) is 0.744. The summed E-state index contributed by atoms with van der Waals surface area (Å²) in [5, 5.41) is 26.4. The summed E-state index contributed by atoms with van der Waals surface area (Å²) in [6.07, 6.45) is -3.70. The summed E-state index contributed by atoms with van der Waals surface area (Å²) in [7, 11) is -16.3. The number of nitrogens with zero attached hydrogens (tertiary/aromatic N) is 4. The van der Waals surface area contributed by atoms with Gasteiger partial charge in [0.1, 0.15) is 42.5 Å². The fourth-order valence-corrected chi connectivity index (χ4v) is 8.18. The van der Waals surface area contributed by atoms with Gasteiger partial charge in [0, 0.05) is 35.6 Å². The Morgan fingerprint density at radius 3 is 2.49 bits per heavy atom. The van der Waals surface area contributed by atoms with Gasteiger partial charge in [-0.1, -0.05) is 13.8 Å². The average Bonchev–Trinajstić information content (AvgIpc) is 3.80. The molecule has 24 nitrogen and oxygen atoms in total. The minimum atomic E-state index is -5.55. The number of amides is 2. The number of nitrogen functional groups attached to an aromatic ring is 1. The van der Waals surface area contributed by atoms with Gasteiger partial charge in [-0.15, -0.1) is 11.8 Å². The van der Waals surface area contributed by atoms with Crippen molar-refractivity contribution in [2.24, 2.45) is 5.41 Å². The van der Waals surface area contributed by atoms with E-state index in [0.717, 1.165) is 22.1 Å². The number of aliphatic hydroxyl groups is 2. The second-order valence-electron chi connectivity index (χ2n) is 11.9. The fourth-order valence-electron chi connectivity index (χ4n) is 4.63. The minimum absolute atomic E-state index is 0.0358. The molecule has 0 spiro atoms. The number of anilines is 1. The number of furan rings is 1. The number of phosphoric acid groups is 3. The van der Waals surface area contributed by atoms with Crippen molar-refractivity contribution in [2.45, 2.75) is 55.8 Å². The highest BCUT2D eigenvalue weighted by molar-refractivity contribution is 7.99. The van der Waals surface area contributed by atoms with Crippen LogP contribution in [-0.2, 0) is 45.9 Å². The third kappa shape index (κ3) is 12.3. The molecule has 1 aliphatic rings.